The molecule has 0 bridgehead atoms. The van der Waals surface area contributed by atoms with E-state index in [9.17, 15) is 0 Å². The third-order valence-electron chi connectivity index (χ3n) is 3.12. The Kier molecular flexibility index (Phi) is 4.69. The highest BCUT2D eigenvalue weighted by Gasteiger charge is 2.08. The minimum atomic E-state index is 0.810. The molecule has 1 aliphatic rings. The molecule has 1 aliphatic heterocycles. The number of rotatable bonds is 4. The zero-order valence-electron chi connectivity index (χ0n) is 9.90. The molecule has 1 heterocycles. The first-order chi connectivity index (χ1) is 7.95. The van der Waals surface area contributed by atoms with Gasteiger partial charge in [0.1, 0.15) is 12.4 Å². The van der Waals surface area contributed by atoms with Gasteiger partial charge in [0.15, 0.2) is 0 Å². The van der Waals surface area contributed by atoms with Crippen molar-refractivity contribution in [3.8, 4) is 5.75 Å². The molecule has 16 heavy (non-hydrogen) atoms. The quantitative estimate of drug-likeness (QED) is 0.772. The SMILES string of the molecule is c1ccc(OCCN2CCCCCC2)cc1. The Hall–Kier alpha value is -1.02. The molecule has 1 aromatic rings. The summed E-state index contributed by atoms with van der Waals surface area (Å²) in [5.41, 5.74) is 0. The molecule has 88 valence electrons. The molecule has 0 amide bonds. The average molecular weight is 219 g/mol. The molecular formula is C14H21NO. The molecule has 0 spiro atoms. The first-order valence-electron chi connectivity index (χ1n) is 6.35. The summed E-state index contributed by atoms with van der Waals surface area (Å²) in [5, 5.41) is 0. The molecule has 0 atom stereocenters. The monoisotopic (exact) mass is 219 g/mol. The van der Waals surface area contributed by atoms with Crippen molar-refractivity contribution >= 4 is 0 Å². The highest BCUT2D eigenvalue weighted by atomic mass is 16.5. The summed E-state index contributed by atoms with van der Waals surface area (Å²) in [6.45, 7) is 4.37. The van der Waals surface area contributed by atoms with E-state index in [4.69, 9.17) is 4.74 Å². The van der Waals surface area contributed by atoms with E-state index in [2.05, 4.69) is 4.90 Å². The Bertz CT molecular complexity index is 278. The van der Waals surface area contributed by atoms with E-state index >= 15 is 0 Å². The van der Waals surface area contributed by atoms with Gasteiger partial charge in [-0.05, 0) is 38.1 Å². The smallest absolute Gasteiger partial charge is 0.119 e. The summed E-state index contributed by atoms with van der Waals surface area (Å²) in [6, 6.07) is 10.1. The summed E-state index contributed by atoms with van der Waals surface area (Å²) >= 11 is 0. The molecule has 0 aromatic heterocycles. The first-order valence-corrected chi connectivity index (χ1v) is 6.35. The lowest BCUT2D eigenvalue weighted by Gasteiger charge is -2.19. The molecule has 0 saturated carbocycles. The van der Waals surface area contributed by atoms with Gasteiger partial charge in [-0.25, -0.2) is 0 Å². The highest BCUT2D eigenvalue weighted by Crippen LogP contribution is 2.11. The molecule has 1 saturated heterocycles. The zero-order chi connectivity index (χ0) is 11.1. The van der Waals surface area contributed by atoms with Crippen molar-refractivity contribution in [2.24, 2.45) is 0 Å². The van der Waals surface area contributed by atoms with Gasteiger partial charge in [-0.2, -0.15) is 0 Å². The van der Waals surface area contributed by atoms with Crippen LogP contribution in [-0.2, 0) is 0 Å². The Balaban J connectivity index is 1.67. The number of hydrogen-bond acceptors (Lipinski definition) is 2. The van der Waals surface area contributed by atoms with Crippen LogP contribution in [0.25, 0.3) is 0 Å². The minimum Gasteiger partial charge on any atom is -0.492 e. The predicted molar refractivity (Wildman–Crippen MR) is 66.8 cm³/mol. The lowest BCUT2D eigenvalue weighted by Crippen LogP contribution is -2.29. The molecule has 1 fully saturated rings. The molecule has 0 N–H and O–H groups in total. The van der Waals surface area contributed by atoms with Gasteiger partial charge >= 0.3 is 0 Å². The van der Waals surface area contributed by atoms with E-state index < -0.39 is 0 Å². The first kappa shape index (κ1) is 11.5. The van der Waals surface area contributed by atoms with Gasteiger partial charge in [-0.15, -0.1) is 0 Å². The zero-order valence-corrected chi connectivity index (χ0v) is 9.90. The second-order valence-electron chi connectivity index (χ2n) is 4.42. The molecule has 0 aliphatic carbocycles. The van der Waals surface area contributed by atoms with Crippen LogP contribution in [-0.4, -0.2) is 31.1 Å². The normalized spacial score (nSPS) is 18.0. The van der Waals surface area contributed by atoms with Crippen molar-refractivity contribution in [1.29, 1.82) is 0 Å². The van der Waals surface area contributed by atoms with Crippen molar-refractivity contribution in [3.05, 3.63) is 30.3 Å². The largest absolute Gasteiger partial charge is 0.492 e. The van der Waals surface area contributed by atoms with Crippen molar-refractivity contribution < 1.29 is 4.74 Å². The Morgan fingerprint density at radius 3 is 2.31 bits per heavy atom. The Morgan fingerprint density at radius 2 is 1.62 bits per heavy atom. The number of likely N-dealkylation sites (tertiary alicyclic amines) is 1. The number of hydrogen-bond donors (Lipinski definition) is 0. The van der Waals surface area contributed by atoms with Gasteiger partial charge < -0.3 is 4.74 Å². The molecule has 1 aromatic carbocycles. The van der Waals surface area contributed by atoms with E-state index in [1.54, 1.807) is 0 Å². The molecule has 0 radical (unpaired) electrons. The van der Waals surface area contributed by atoms with Crippen LogP contribution in [0.1, 0.15) is 25.7 Å². The van der Waals surface area contributed by atoms with Crippen molar-refractivity contribution in [2.45, 2.75) is 25.7 Å². The van der Waals surface area contributed by atoms with E-state index in [-0.39, 0.29) is 0 Å². The van der Waals surface area contributed by atoms with E-state index in [0.29, 0.717) is 0 Å². The van der Waals surface area contributed by atoms with Crippen LogP contribution in [0.2, 0.25) is 0 Å². The molecule has 2 nitrogen and oxygen atoms in total. The van der Waals surface area contributed by atoms with Gasteiger partial charge in [0.2, 0.25) is 0 Å². The van der Waals surface area contributed by atoms with Gasteiger partial charge in [0.25, 0.3) is 0 Å². The van der Waals surface area contributed by atoms with Gasteiger partial charge in [-0.3, -0.25) is 4.90 Å². The summed E-state index contributed by atoms with van der Waals surface area (Å²) in [6.07, 6.45) is 5.50. The minimum absolute atomic E-state index is 0.810. The van der Waals surface area contributed by atoms with Crippen LogP contribution in [0.4, 0.5) is 0 Å². The second kappa shape index (κ2) is 6.54. The topological polar surface area (TPSA) is 12.5 Å². The van der Waals surface area contributed by atoms with Crippen LogP contribution >= 0.6 is 0 Å². The highest BCUT2D eigenvalue weighted by molar-refractivity contribution is 5.20. The predicted octanol–water partition coefficient (Wildman–Crippen LogP) is 2.94. The fourth-order valence-electron chi connectivity index (χ4n) is 2.17. The summed E-state index contributed by atoms with van der Waals surface area (Å²) in [5.74, 6) is 0.984. The van der Waals surface area contributed by atoms with Gasteiger partial charge in [-0.1, -0.05) is 31.0 Å². The van der Waals surface area contributed by atoms with Crippen LogP contribution in [0, 0.1) is 0 Å². The van der Waals surface area contributed by atoms with E-state index in [1.807, 2.05) is 30.3 Å². The van der Waals surface area contributed by atoms with Gasteiger partial charge in [0, 0.05) is 6.54 Å². The lowest BCUT2D eigenvalue weighted by atomic mass is 10.2. The number of benzene rings is 1. The van der Waals surface area contributed by atoms with Gasteiger partial charge in [0.05, 0.1) is 0 Å². The number of ether oxygens (including phenoxy) is 1. The molecular weight excluding hydrogens is 198 g/mol. The lowest BCUT2D eigenvalue weighted by molar-refractivity contribution is 0.214. The molecule has 2 heteroatoms. The summed E-state index contributed by atoms with van der Waals surface area (Å²) in [7, 11) is 0. The molecule has 0 unspecified atom stereocenters. The Labute approximate surface area is 98.2 Å². The third kappa shape index (κ3) is 3.86. The molecule has 2 rings (SSSR count). The fourth-order valence-corrected chi connectivity index (χ4v) is 2.17. The number of para-hydroxylation sites is 1. The van der Waals surface area contributed by atoms with Crippen LogP contribution in [0.3, 0.4) is 0 Å². The maximum Gasteiger partial charge on any atom is 0.119 e. The van der Waals surface area contributed by atoms with Crippen molar-refractivity contribution in [3.63, 3.8) is 0 Å². The summed E-state index contributed by atoms with van der Waals surface area (Å²) < 4.78 is 5.71. The maximum atomic E-state index is 5.71. The summed E-state index contributed by atoms with van der Waals surface area (Å²) in [4.78, 5) is 2.52. The maximum absolute atomic E-state index is 5.71. The van der Waals surface area contributed by atoms with E-state index in [1.165, 1.54) is 38.8 Å². The second-order valence-corrected chi connectivity index (χ2v) is 4.42. The van der Waals surface area contributed by atoms with Crippen molar-refractivity contribution in [1.82, 2.24) is 4.90 Å². The van der Waals surface area contributed by atoms with Crippen LogP contribution in [0.15, 0.2) is 30.3 Å². The standard InChI is InChI=1S/C14H21NO/c1-2-7-11-15(10-6-1)12-13-16-14-8-4-3-5-9-14/h3-5,8-9H,1-2,6-7,10-13H2. The van der Waals surface area contributed by atoms with Crippen LogP contribution < -0.4 is 4.74 Å². The Morgan fingerprint density at radius 1 is 0.938 bits per heavy atom. The van der Waals surface area contributed by atoms with Crippen LogP contribution in [0.5, 0.6) is 5.75 Å². The fraction of sp³-hybridized carbons (Fsp3) is 0.571. The van der Waals surface area contributed by atoms with Crippen molar-refractivity contribution in [2.75, 3.05) is 26.2 Å². The third-order valence-corrected chi connectivity index (χ3v) is 3.12. The number of nitrogens with zero attached hydrogens (tertiary/aromatic N) is 1. The average Bonchev–Trinajstić information content (AvgIpc) is 2.59. The van der Waals surface area contributed by atoms with E-state index in [0.717, 1.165) is 18.9 Å².